The van der Waals surface area contributed by atoms with E-state index in [2.05, 4.69) is 53.6 Å². The highest BCUT2D eigenvalue weighted by Gasteiger charge is 2.05. The number of anilines is 1. The van der Waals surface area contributed by atoms with Crippen molar-refractivity contribution < 1.29 is 0 Å². The molecule has 2 rings (SSSR count). The van der Waals surface area contributed by atoms with E-state index in [4.69, 9.17) is 0 Å². The van der Waals surface area contributed by atoms with Gasteiger partial charge in [-0.05, 0) is 38.0 Å². The van der Waals surface area contributed by atoms with Gasteiger partial charge in [-0.3, -0.25) is 0 Å². The van der Waals surface area contributed by atoms with E-state index in [0.29, 0.717) is 0 Å². The predicted octanol–water partition coefficient (Wildman–Crippen LogP) is 3.27. The van der Waals surface area contributed by atoms with Gasteiger partial charge in [0, 0.05) is 6.04 Å². The fourth-order valence-corrected chi connectivity index (χ4v) is 1.69. The summed E-state index contributed by atoms with van der Waals surface area (Å²) in [5, 5.41) is 11.3. The Labute approximate surface area is 102 Å². The van der Waals surface area contributed by atoms with E-state index >= 15 is 0 Å². The Bertz CT molecular complexity index is 491. The summed E-state index contributed by atoms with van der Waals surface area (Å²) in [4.78, 5) is 0. The van der Waals surface area contributed by atoms with Crippen LogP contribution < -0.4 is 5.32 Å². The third kappa shape index (κ3) is 3.03. The van der Waals surface area contributed by atoms with Gasteiger partial charge in [-0.25, -0.2) is 0 Å². The van der Waals surface area contributed by atoms with Crippen LogP contribution in [-0.4, -0.2) is 10.2 Å². The molecule has 17 heavy (non-hydrogen) atoms. The fraction of sp³-hybridized carbons (Fsp3) is 0.286. The number of nitrogens with zero attached hydrogens (tertiary/aromatic N) is 2. The first kappa shape index (κ1) is 11.6. The van der Waals surface area contributed by atoms with Crippen LogP contribution in [0.2, 0.25) is 0 Å². The molecule has 3 nitrogen and oxygen atoms in total. The number of aryl methyl sites for hydroxylation is 2. The Morgan fingerprint density at radius 2 is 1.76 bits per heavy atom. The Morgan fingerprint density at radius 3 is 2.41 bits per heavy atom. The standard InChI is InChI=1S/C14H17N3/c1-10-4-6-13(7-5-10)12(3)16-14-8-11(2)9-15-17-14/h4-9,12H,1-3H3,(H,16,17). The zero-order valence-electron chi connectivity index (χ0n) is 10.4. The van der Waals surface area contributed by atoms with Crippen LogP contribution in [0.1, 0.15) is 29.7 Å². The number of hydrogen-bond acceptors (Lipinski definition) is 3. The summed E-state index contributed by atoms with van der Waals surface area (Å²) in [5.41, 5.74) is 3.63. The maximum Gasteiger partial charge on any atom is 0.149 e. The number of benzene rings is 1. The average molecular weight is 227 g/mol. The summed E-state index contributed by atoms with van der Waals surface area (Å²) < 4.78 is 0. The fourth-order valence-electron chi connectivity index (χ4n) is 1.69. The van der Waals surface area contributed by atoms with E-state index < -0.39 is 0 Å². The minimum absolute atomic E-state index is 0.228. The zero-order chi connectivity index (χ0) is 12.3. The van der Waals surface area contributed by atoms with Crippen molar-refractivity contribution in [3.8, 4) is 0 Å². The molecule has 0 amide bonds. The van der Waals surface area contributed by atoms with Crippen molar-refractivity contribution in [2.24, 2.45) is 0 Å². The van der Waals surface area contributed by atoms with Gasteiger partial charge < -0.3 is 5.32 Å². The molecule has 0 spiro atoms. The minimum atomic E-state index is 0.228. The molecule has 0 aliphatic heterocycles. The third-order valence-electron chi connectivity index (χ3n) is 2.73. The van der Waals surface area contributed by atoms with E-state index in [0.717, 1.165) is 11.4 Å². The van der Waals surface area contributed by atoms with Crippen LogP contribution in [0.3, 0.4) is 0 Å². The van der Waals surface area contributed by atoms with Crippen molar-refractivity contribution in [1.29, 1.82) is 0 Å². The molecule has 0 fully saturated rings. The smallest absolute Gasteiger partial charge is 0.149 e. The average Bonchev–Trinajstić information content (AvgIpc) is 2.29. The topological polar surface area (TPSA) is 37.8 Å². The van der Waals surface area contributed by atoms with Crippen molar-refractivity contribution in [2.75, 3.05) is 5.32 Å². The second-order valence-electron chi connectivity index (χ2n) is 4.39. The van der Waals surface area contributed by atoms with Gasteiger partial charge >= 0.3 is 0 Å². The number of rotatable bonds is 3. The Kier molecular flexibility index (Phi) is 3.38. The molecule has 0 bridgehead atoms. The van der Waals surface area contributed by atoms with Crippen LogP contribution in [-0.2, 0) is 0 Å². The number of nitrogens with one attached hydrogen (secondary N) is 1. The Hall–Kier alpha value is -1.90. The van der Waals surface area contributed by atoms with Gasteiger partial charge in [0.05, 0.1) is 6.20 Å². The Morgan fingerprint density at radius 1 is 1.06 bits per heavy atom. The minimum Gasteiger partial charge on any atom is -0.362 e. The lowest BCUT2D eigenvalue weighted by molar-refractivity contribution is 0.858. The van der Waals surface area contributed by atoms with E-state index in [1.54, 1.807) is 6.20 Å². The summed E-state index contributed by atoms with van der Waals surface area (Å²) >= 11 is 0. The molecule has 1 aromatic carbocycles. The van der Waals surface area contributed by atoms with Crippen LogP contribution in [0.4, 0.5) is 5.82 Å². The molecule has 1 atom stereocenters. The lowest BCUT2D eigenvalue weighted by atomic mass is 10.1. The first-order valence-electron chi connectivity index (χ1n) is 5.77. The summed E-state index contributed by atoms with van der Waals surface area (Å²) in [6.45, 7) is 6.22. The van der Waals surface area contributed by atoms with Crippen LogP contribution >= 0.6 is 0 Å². The molecule has 2 aromatic rings. The van der Waals surface area contributed by atoms with Crippen molar-refractivity contribution in [3.05, 3.63) is 53.2 Å². The lowest BCUT2D eigenvalue weighted by Crippen LogP contribution is -2.08. The number of hydrogen-bond donors (Lipinski definition) is 1. The second-order valence-corrected chi connectivity index (χ2v) is 4.39. The first-order valence-corrected chi connectivity index (χ1v) is 5.77. The molecule has 0 saturated carbocycles. The van der Waals surface area contributed by atoms with Gasteiger partial charge in [0.2, 0.25) is 0 Å². The molecule has 0 aliphatic carbocycles. The monoisotopic (exact) mass is 227 g/mol. The van der Waals surface area contributed by atoms with E-state index in [1.165, 1.54) is 11.1 Å². The maximum absolute atomic E-state index is 4.06. The van der Waals surface area contributed by atoms with Crippen molar-refractivity contribution in [3.63, 3.8) is 0 Å². The quantitative estimate of drug-likeness (QED) is 0.874. The molecular formula is C14H17N3. The highest BCUT2D eigenvalue weighted by molar-refractivity contribution is 5.39. The molecule has 1 aromatic heterocycles. The summed E-state index contributed by atoms with van der Waals surface area (Å²) in [6.07, 6.45) is 1.75. The van der Waals surface area contributed by atoms with Crippen LogP contribution in [0.15, 0.2) is 36.5 Å². The SMILES string of the molecule is Cc1ccc(C(C)Nc2cc(C)cnn2)cc1. The van der Waals surface area contributed by atoms with Crippen molar-refractivity contribution >= 4 is 5.82 Å². The molecule has 0 radical (unpaired) electrons. The van der Waals surface area contributed by atoms with Crippen LogP contribution in [0.25, 0.3) is 0 Å². The first-order chi connectivity index (χ1) is 8.15. The van der Waals surface area contributed by atoms with Gasteiger partial charge in [-0.15, -0.1) is 5.10 Å². The molecule has 1 heterocycles. The van der Waals surface area contributed by atoms with Crippen LogP contribution in [0, 0.1) is 13.8 Å². The maximum atomic E-state index is 4.06. The molecular weight excluding hydrogens is 210 g/mol. The molecule has 1 unspecified atom stereocenters. The molecule has 0 aliphatic rings. The summed E-state index contributed by atoms with van der Waals surface area (Å²) in [6, 6.07) is 10.7. The zero-order valence-corrected chi connectivity index (χ0v) is 10.4. The highest BCUT2D eigenvalue weighted by Crippen LogP contribution is 2.18. The van der Waals surface area contributed by atoms with Crippen molar-refractivity contribution in [1.82, 2.24) is 10.2 Å². The normalized spacial score (nSPS) is 12.2. The Balaban J connectivity index is 2.11. The largest absolute Gasteiger partial charge is 0.362 e. The molecule has 0 saturated heterocycles. The van der Waals surface area contributed by atoms with Gasteiger partial charge in [-0.1, -0.05) is 29.8 Å². The van der Waals surface area contributed by atoms with Gasteiger partial charge in [-0.2, -0.15) is 5.10 Å². The van der Waals surface area contributed by atoms with Gasteiger partial charge in [0.25, 0.3) is 0 Å². The second kappa shape index (κ2) is 4.95. The van der Waals surface area contributed by atoms with E-state index in [1.807, 2.05) is 13.0 Å². The van der Waals surface area contributed by atoms with Crippen molar-refractivity contribution in [2.45, 2.75) is 26.8 Å². The van der Waals surface area contributed by atoms with Gasteiger partial charge in [0.15, 0.2) is 0 Å². The van der Waals surface area contributed by atoms with Gasteiger partial charge in [0.1, 0.15) is 5.82 Å². The molecule has 3 heteroatoms. The molecule has 88 valence electrons. The van der Waals surface area contributed by atoms with E-state index in [-0.39, 0.29) is 6.04 Å². The predicted molar refractivity (Wildman–Crippen MR) is 70.0 cm³/mol. The lowest BCUT2D eigenvalue weighted by Gasteiger charge is -2.14. The molecule has 1 N–H and O–H groups in total. The third-order valence-corrected chi connectivity index (χ3v) is 2.73. The van der Waals surface area contributed by atoms with E-state index in [9.17, 15) is 0 Å². The summed E-state index contributed by atoms with van der Waals surface area (Å²) in [5.74, 6) is 0.818. The summed E-state index contributed by atoms with van der Waals surface area (Å²) in [7, 11) is 0. The number of aromatic nitrogens is 2. The highest BCUT2D eigenvalue weighted by atomic mass is 15.2. The van der Waals surface area contributed by atoms with Crippen LogP contribution in [0.5, 0.6) is 0 Å².